The Bertz CT molecular complexity index is 307. The van der Waals surface area contributed by atoms with E-state index in [1.807, 2.05) is 46.8 Å². The Hall–Kier alpha value is -1.51. The molecule has 0 aliphatic rings. The number of anilines is 1. The number of aliphatic carboxylic acids is 1. The molecule has 0 heterocycles. The molecule has 0 aliphatic heterocycles. The lowest BCUT2D eigenvalue weighted by Gasteiger charge is -2.09. The fourth-order valence-corrected chi connectivity index (χ4v) is 1.34. The molecule has 1 rings (SSSR count). The highest BCUT2D eigenvalue weighted by molar-refractivity contribution is 5.70. The van der Waals surface area contributed by atoms with Gasteiger partial charge in [0.15, 0.2) is 0 Å². The Morgan fingerprint density at radius 3 is 1.94 bits per heavy atom. The summed E-state index contributed by atoms with van der Waals surface area (Å²) in [5.41, 5.74) is 7.26. The molecule has 0 amide bonds. The van der Waals surface area contributed by atoms with Crippen LogP contribution in [0, 0.1) is 5.92 Å². The van der Waals surface area contributed by atoms with Crippen molar-refractivity contribution < 1.29 is 9.90 Å². The van der Waals surface area contributed by atoms with Gasteiger partial charge in [0, 0.05) is 5.69 Å². The normalized spacial score (nSPS) is 10.3. The van der Waals surface area contributed by atoms with Gasteiger partial charge >= 0.3 is 5.97 Å². The molecule has 18 heavy (non-hydrogen) atoms. The van der Waals surface area contributed by atoms with Crippen LogP contribution < -0.4 is 5.73 Å². The molecule has 104 valence electrons. The van der Waals surface area contributed by atoms with E-state index in [0.29, 0.717) is 18.5 Å². The largest absolute Gasteiger partial charge is 0.481 e. The van der Waals surface area contributed by atoms with Gasteiger partial charge in [-0.15, -0.1) is 0 Å². The third kappa shape index (κ3) is 7.71. The summed E-state index contributed by atoms with van der Waals surface area (Å²) in [6, 6.07) is 7.34. The summed E-state index contributed by atoms with van der Waals surface area (Å²) < 4.78 is 0. The number of nitrogens with two attached hydrogens (primary N) is 1. The van der Waals surface area contributed by atoms with Gasteiger partial charge in [-0.25, -0.2) is 0 Å². The van der Waals surface area contributed by atoms with Gasteiger partial charge in [0.1, 0.15) is 0 Å². The van der Waals surface area contributed by atoms with Gasteiger partial charge in [-0.3, -0.25) is 4.79 Å². The quantitative estimate of drug-likeness (QED) is 0.798. The number of carboxylic acid groups (broad SMARTS) is 1. The predicted octanol–water partition coefficient (Wildman–Crippen LogP) is 3.97. The zero-order valence-corrected chi connectivity index (χ0v) is 12.2. The topological polar surface area (TPSA) is 63.3 Å². The van der Waals surface area contributed by atoms with Crippen LogP contribution >= 0.6 is 0 Å². The van der Waals surface area contributed by atoms with Crippen LogP contribution in [0.1, 0.15) is 46.6 Å². The molecule has 0 saturated carbocycles. The molecule has 3 heteroatoms. The SMILES string of the molecule is CC.CC.CCC(Cc1ccc(N)cc1)C(=O)O. The predicted molar refractivity (Wildman–Crippen MR) is 78.7 cm³/mol. The fourth-order valence-electron chi connectivity index (χ4n) is 1.34. The maximum absolute atomic E-state index is 10.8. The van der Waals surface area contributed by atoms with Crippen LogP contribution in [0.3, 0.4) is 0 Å². The van der Waals surface area contributed by atoms with Crippen molar-refractivity contribution in [3.63, 3.8) is 0 Å². The Balaban J connectivity index is 0. The number of rotatable bonds is 4. The van der Waals surface area contributed by atoms with Crippen molar-refractivity contribution >= 4 is 11.7 Å². The highest BCUT2D eigenvalue weighted by atomic mass is 16.4. The summed E-state index contributed by atoms with van der Waals surface area (Å²) in [6.07, 6.45) is 1.23. The van der Waals surface area contributed by atoms with Crippen LogP contribution in [0.5, 0.6) is 0 Å². The highest BCUT2D eigenvalue weighted by Crippen LogP contribution is 2.13. The van der Waals surface area contributed by atoms with Crippen LogP contribution in [-0.2, 0) is 11.2 Å². The Morgan fingerprint density at radius 1 is 1.17 bits per heavy atom. The van der Waals surface area contributed by atoms with Gasteiger partial charge in [-0.2, -0.15) is 0 Å². The molecule has 0 aromatic heterocycles. The van der Waals surface area contributed by atoms with Gasteiger partial charge in [0.25, 0.3) is 0 Å². The van der Waals surface area contributed by atoms with Crippen molar-refractivity contribution in [2.24, 2.45) is 5.92 Å². The fraction of sp³-hybridized carbons (Fsp3) is 0.533. The molecule has 0 radical (unpaired) electrons. The summed E-state index contributed by atoms with van der Waals surface area (Å²) in [6.45, 7) is 9.89. The lowest BCUT2D eigenvalue weighted by atomic mass is 9.97. The van der Waals surface area contributed by atoms with Crippen molar-refractivity contribution in [2.75, 3.05) is 5.73 Å². The minimum Gasteiger partial charge on any atom is -0.481 e. The van der Waals surface area contributed by atoms with Gasteiger partial charge < -0.3 is 10.8 Å². The molecule has 1 unspecified atom stereocenters. The second-order valence-electron chi connectivity index (χ2n) is 3.39. The standard InChI is InChI=1S/C11H15NO2.2C2H6/c1-2-9(11(13)14)7-8-3-5-10(12)6-4-8;2*1-2/h3-6,9H,2,7,12H2,1H3,(H,13,14);2*1-2H3. The van der Waals surface area contributed by atoms with Crippen molar-refractivity contribution in [3.8, 4) is 0 Å². The first kappa shape index (κ1) is 18.8. The Morgan fingerprint density at radius 2 is 1.61 bits per heavy atom. The first-order chi connectivity index (χ1) is 8.63. The summed E-state index contributed by atoms with van der Waals surface area (Å²) in [4.78, 5) is 10.8. The zero-order valence-electron chi connectivity index (χ0n) is 12.2. The zero-order chi connectivity index (χ0) is 14.6. The van der Waals surface area contributed by atoms with E-state index in [0.717, 1.165) is 5.56 Å². The van der Waals surface area contributed by atoms with E-state index in [2.05, 4.69) is 0 Å². The Labute approximate surface area is 111 Å². The van der Waals surface area contributed by atoms with Gasteiger partial charge in [-0.1, -0.05) is 46.8 Å². The van der Waals surface area contributed by atoms with E-state index >= 15 is 0 Å². The molecule has 3 N–H and O–H groups in total. The number of carbonyl (C=O) groups is 1. The molecule has 3 nitrogen and oxygen atoms in total. The van der Waals surface area contributed by atoms with E-state index in [1.165, 1.54) is 0 Å². The first-order valence-corrected chi connectivity index (χ1v) is 6.70. The number of nitrogen functional groups attached to an aromatic ring is 1. The molecule has 0 fully saturated rings. The molecule has 0 bridgehead atoms. The summed E-state index contributed by atoms with van der Waals surface area (Å²) in [5.74, 6) is -1.03. The van der Waals surface area contributed by atoms with Crippen LogP contribution in [0.15, 0.2) is 24.3 Å². The summed E-state index contributed by atoms with van der Waals surface area (Å²) in [5, 5.41) is 8.86. The molecular formula is C15H27NO2. The minimum absolute atomic E-state index is 0.293. The first-order valence-electron chi connectivity index (χ1n) is 6.70. The maximum Gasteiger partial charge on any atom is 0.306 e. The molecule has 1 aromatic rings. The highest BCUT2D eigenvalue weighted by Gasteiger charge is 2.14. The van der Waals surface area contributed by atoms with Crippen LogP contribution in [0.2, 0.25) is 0 Å². The average Bonchev–Trinajstić information content (AvgIpc) is 2.42. The number of hydrogen-bond donors (Lipinski definition) is 2. The second-order valence-corrected chi connectivity index (χ2v) is 3.39. The van der Waals surface area contributed by atoms with Crippen molar-refractivity contribution in [3.05, 3.63) is 29.8 Å². The minimum atomic E-state index is -0.732. The lowest BCUT2D eigenvalue weighted by molar-refractivity contribution is -0.141. The van der Waals surface area contributed by atoms with Crippen molar-refractivity contribution in [1.82, 2.24) is 0 Å². The molecule has 1 atom stereocenters. The van der Waals surface area contributed by atoms with E-state index < -0.39 is 5.97 Å². The summed E-state index contributed by atoms with van der Waals surface area (Å²) in [7, 11) is 0. The Kier molecular flexibility index (Phi) is 12.5. The lowest BCUT2D eigenvalue weighted by Crippen LogP contribution is -2.15. The van der Waals surface area contributed by atoms with E-state index in [-0.39, 0.29) is 5.92 Å². The molecular weight excluding hydrogens is 226 g/mol. The van der Waals surface area contributed by atoms with Crippen molar-refractivity contribution in [1.29, 1.82) is 0 Å². The van der Waals surface area contributed by atoms with E-state index in [1.54, 1.807) is 12.1 Å². The average molecular weight is 253 g/mol. The number of carboxylic acids is 1. The molecule has 0 aliphatic carbocycles. The third-order valence-electron chi connectivity index (χ3n) is 2.30. The van der Waals surface area contributed by atoms with Crippen LogP contribution in [-0.4, -0.2) is 11.1 Å². The molecule has 1 aromatic carbocycles. The second kappa shape index (κ2) is 12.0. The van der Waals surface area contributed by atoms with Crippen LogP contribution in [0.4, 0.5) is 5.69 Å². The third-order valence-corrected chi connectivity index (χ3v) is 2.30. The smallest absolute Gasteiger partial charge is 0.306 e. The molecule has 0 saturated heterocycles. The number of hydrogen-bond acceptors (Lipinski definition) is 2. The maximum atomic E-state index is 10.8. The number of benzene rings is 1. The summed E-state index contributed by atoms with van der Waals surface area (Å²) >= 11 is 0. The van der Waals surface area contributed by atoms with Gasteiger partial charge in [0.2, 0.25) is 0 Å². The van der Waals surface area contributed by atoms with Crippen molar-refractivity contribution in [2.45, 2.75) is 47.5 Å². The van der Waals surface area contributed by atoms with Gasteiger partial charge in [-0.05, 0) is 30.5 Å². The molecule has 0 spiro atoms. The van der Waals surface area contributed by atoms with Gasteiger partial charge in [0.05, 0.1) is 5.92 Å². The van der Waals surface area contributed by atoms with Crippen LogP contribution in [0.25, 0.3) is 0 Å². The monoisotopic (exact) mass is 253 g/mol. The van der Waals surface area contributed by atoms with E-state index in [4.69, 9.17) is 10.8 Å². The van der Waals surface area contributed by atoms with E-state index in [9.17, 15) is 4.79 Å².